The first-order valence-corrected chi connectivity index (χ1v) is 6.50. The molecule has 1 aliphatic heterocycles. The predicted molar refractivity (Wildman–Crippen MR) is 74.0 cm³/mol. The summed E-state index contributed by atoms with van der Waals surface area (Å²) in [6.07, 6.45) is 7.17. The molecule has 1 unspecified atom stereocenters. The fourth-order valence-electron chi connectivity index (χ4n) is 2.49. The third-order valence-electron chi connectivity index (χ3n) is 3.39. The van der Waals surface area contributed by atoms with E-state index in [0.29, 0.717) is 0 Å². The average Bonchev–Trinajstić information content (AvgIpc) is 2.79. The van der Waals surface area contributed by atoms with E-state index < -0.39 is 0 Å². The van der Waals surface area contributed by atoms with Crippen LogP contribution >= 0.6 is 0 Å². The smallest absolute Gasteiger partial charge is 0.0224 e. The first-order valence-electron chi connectivity index (χ1n) is 6.50. The summed E-state index contributed by atoms with van der Waals surface area (Å²) in [5.74, 6) is 0. The summed E-state index contributed by atoms with van der Waals surface area (Å²) in [6, 6.07) is 11.2. The largest absolute Gasteiger partial charge is 0.318 e. The summed E-state index contributed by atoms with van der Waals surface area (Å²) in [5.41, 5.74) is 1.29. The van der Waals surface area contributed by atoms with Gasteiger partial charge in [0.1, 0.15) is 0 Å². The Morgan fingerprint density at radius 3 is 2.94 bits per heavy atom. The van der Waals surface area contributed by atoms with Gasteiger partial charge in [-0.05, 0) is 32.0 Å². The second-order valence-corrected chi connectivity index (χ2v) is 4.66. The van der Waals surface area contributed by atoms with Crippen molar-refractivity contribution >= 4 is 6.08 Å². The van der Waals surface area contributed by atoms with Crippen molar-refractivity contribution in [2.75, 3.05) is 26.7 Å². The highest BCUT2D eigenvalue weighted by Gasteiger charge is 2.21. The van der Waals surface area contributed by atoms with E-state index in [0.717, 1.165) is 19.1 Å². The lowest BCUT2D eigenvalue weighted by molar-refractivity contribution is 0.277. The maximum absolute atomic E-state index is 3.28. The van der Waals surface area contributed by atoms with Gasteiger partial charge in [0.15, 0.2) is 0 Å². The zero-order valence-electron chi connectivity index (χ0n) is 10.6. The van der Waals surface area contributed by atoms with Crippen molar-refractivity contribution in [3.05, 3.63) is 42.0 Å². The van der Waals surface area contributed by atoms with Crippen LogP contribution < -0.4 is 5.32 Å². The minimum Gasteiger partial charge on any atom is -0.318 e. The lowest BCUT2D eigenvalue weighted by Gasteiger charge is -2.22. The van der Waals surface area contributed by atoms with E-state index in [1.165, 1.54) is 24.9 Å². The minimum absolute atomic E-state index is 0.723. The molecule has 2 heteroatoms. The summed E-state index contributed by atoms with van der Waals surface area (Å²) in [6.45, 7) is 3.42. The van der Waals surface area contributed by atoms with Gasteiger partial charge in [0.05, 0.1) is 0 Å². The van der Waals surface area contributed by atoms with Crippen molar-refractivity contribution in [1.82, 2.24) is 10.2 Å². The molecule has 0 amide bonds. The van der Waals surface area contributed by atoms with Crippen LogP contribution in [0.5, 0.6) is 0 Å². The molecule has 1 saturated heterocycles. The molecule has 1 aromatic carbocycles. The van der Waals surface area contributed by atoms with Crippen molar-refractivity contribution < 1.29 is 0 Å². The van der Waals surface area contributed by atoms with E-state index in [4.69, 9.17) is 0 Å². The van der Waals surface area contributed by atoms with E-state index in [9.17, 15) is 0 Å². The monoisotopic (exact) mass is 230 g/mol. The molecular weight excluding hydrogens is 208 g/mol. The lowest BCUT2D eigenvalue weighted by Crippen LogP contribution is -2.36. The molecule has 92 valence electrons. The number of nitrogens with one attached hydrogen (secondary N) is 1. The molecule has 0 spiro atoms. The van der Waals surface area contributed by atoms with Crippen LogP contribution in [0.15, 0.2) is 36.4 Å². The van der Waals surface area contributed by atoms with Gasteiger partial charge in [0, 0.05) is 19.1 Å². The van der Waals surface area contributed by atoms with Gasteiger partial charge in [0.25, 0.3) is 0 Å². The van der Waals surface area contributed by atoms with E-state index in [-0.39, 0.29) is 0 Å². The SMILES string of the molecule is CNCC1CCCN1C/C=C/c1ccccc1. The highest BCUT2D eigenvalue weighted by atomic mass is 15.2. The van der Waals surface area contributed by atoms with Gasteiger partial charge in [0.2, 0.25) is 0 Å². The average molecular weight is 230 g/mol. The van der Waals surface area contributed by atoms with Crippen LogP contribution in [0.25, 0.3) is 6.08 Å². The topological polar surface area (TPSA) is 15.3 Å². The Morgan fingerprint density at radius 1 is 1.35 bits per heavy atom. The molecule has 1 aromatic rings. The third kappa shape index (κ3) is 3.69. The summed E-state index contributed by atoms with van der Waals surface area (Å²) in [5, 5.41) is 3.28. The van der Waals surface area contributed by atoms with Crippen LogP contribution in [-0.4, -0.2) is 37.6 Å². The van der Waals surface area contributed by atoms with Gasteiger partial charge < -0.3 is 5.32 Å². The standard InChI is InChI=1S/C15H22N2/c1-16-13-15-10-6-12-17(15)11-5-9-14-7-3-2-4-8-14/h2-5,7-9,15-16H,6,10-13H2,1H3/b9-5+. The number of hydrogen-bond donors (Lipinski definition) is 1. The normalized spacial score (nSPS) is 21.4. The molecule has 1 atom stereocenters. The van der Waals surface area contributed by atoms with Crippen LogP contribution in [0.1, 0.15) is 18.4 Å². The molecule has 0 bridgehead atoms. The quantitative estimate of drug-likeness (QED) is 0.835. The maximum Gasteiger partial charge on any atom is 0.0224 e. The Kier molecular flexibility index (Phi) is 4.77. The second kappa shape index (κ2) is 6.58. The van der Waals surface area contributed by atoms with Crippen molar-refractivity contribution in [3.8, 4) is 0 Å². The van der Waals surface area contributed by atoms with Crippen molar-refractivity contribution in [3.63, 3.8) is 0 Å². The number of likely N-dealkylation sites (tertiary alicyclic amines) is 1. The fraction of sp³-hybridized carbons (Fsp3) is 0.467. The van der Waals surface area contributed by atoms with Crippen molar-refractivity contribution in [2.24, 2.45) is 0 Å². The number of nitrogens with zero attached hydrogens (tertiary/aromatic N) is 1. The Morgan fingerprint density at radius 2 is 2.18 bits per heavy atom. The summed E-state index contributed by atoms with van der Waals surface area (Å²) < 4.78 is 0. The highest BCUT2D eigenvalue weighted by molar-refractivity contribution is 5.48. The zero-order valence-corrected chi connectivity index (χ0v) is 10.6. The van der Waals surface area contributed by atoms with Crippen LogP contribution in [0.4, 0.5) is 0 Å². The van der Waals surface area contributed by atoms with E-state index >= 15 is 0 Å². The van der Waals surface area contributed by atoms with Crippen molar-refractivity contribution in [1.29, 1.82) is 0 Å². The number of benzene rings is 1. The Balaban J connectivity index is 1.83. The molecule has 1 fully saturated rings. The lowest BCUT2D eigenvalue weighted by atomic mass is 10.2. The predicted octanol–water partition coefficient (Wildman–Crippen LogP) is 2.38. The third-order valence-corrected chi connectivity index (χ3v) is 3.39. The number of likely N-dealkylation sites (N-methyl/N-ethyl adjacent to an activating group) is 1. The molecule has 0 aromatic heterocycles. The Bertz CT molecular complexity index is 345. The van der Waals surface area contributed by atoms with Gasteiger partial charge in [-0.1, -0.05) is 42.5 Å². The molecule has 0 radical (unpaired) electrons. The molecule has 2 nitrogen and oxygen atoms in total. The molecule has 1 aliphatic rings. The van der Waals surface area contributed by atoms with Crippen LogP contribution in [0.3, 0.4) is 0 Å². The van der Waals surface area contributed by atoms with Gasteiger partial charge in [-0.3, -0.25) is 4.90 Å². The van der Waals surface area contributed by atoms with Crippen LogP contribution in [-0.2, 0) is 0 Å². The molecule has 0 aliphatic carbocycles. The van der Waals surface area contributed by atoms with Gasteiger partial charge >= 0.3 is 0 Å². The fourth-order valence-corrected chi connectivity index (χ4v) is 2.49. The van der Waals surface area contributed by atoms with Gasteiger partial charge in [-0.15, -0.1) is 0 Å². The van der Waals surface area contributed by atoms with Crippen LogP contribution in [0, 0.1) is 0 Å². The molecule has 1 heterocycles. The Hall–Kier alpha value is -1.12. The molecule has 17 heavy (non-hydrogen) atoms. The van der Waals surface area contributed by atoms with Crippen LogP contribution in [0.2, 0.25) is 0 Å². The second-order valence-electron chi connectivity index (χ2n) is 4.66. The number of hydrogen-bond acceptors (Lipinski definition) is 2. The molecule has 1 N–H and O–H groups in total. The first-order chi connectivity index (χ1) is 8.40. The summed E-state index contributed by atoms with van der Waals surface area (Å²) in [4.78, 5) is 2.57. The first kappa shape index (κ1) is 12.3. The summed E-state index contributed by atoms with van der Waals surface area (Å²) in [7, 11) is 2.04. The number of rotatable bonds is 5. The van der Waals surface area contributed by atoms with Gasteiger partial charge in [-0.25, -0.2) is 0 Å². The Labute approximate surface area is 104 Å². The van der Waals surface area contributed by atoms with E-state index in [1.807, 2.05) is 7.05 Å². The molecule has 0 saturated carbocycles. The van der Waals surface area contributed by atoms with Gasteiger partial charge in [-0.2, -0.15) is 0 Å². The maximum atomic E-state index is 3.28. The highest BCUT2D eigenvalue weighted by Crippen LogP contribution is 2.16. The molecule has 2 rings (SSSR count). The molecular formula is C15H22N2. The van der Waals surface area contributed by atoms with Crippen molar-refractivity contribution in [2.45, 2.75) is 18.9 Å². The zero-order chi connectivity index (χ0) is 11.9. The van der Waals surface area contributed by atoms with E-state index in [2.05, 4.69) is 52.7 Å². The van der Waals surface area contributed by atoms with E-state index in [1.54, 1.807) is 0 Å². The minimum atomic E-state index is 0.723. The summed E-state index contributed by atoms with van der Waals surface area (Å²) >= 11 is 0.